The van der Waals surface area contributed by atoms with E-state index in [4.69, 9.17) is 9.47 Å². The van der Waals surface area contributed by atoms with E-state index in [9.17, 15) is 14.4 Å². The summed E-state index contributed by atoms with van der Waals surface area (Å²) in [5.74, 6) is -1.64. The Hall–Kier alpha value is -2.94. The summed E-state index contributed by atoms with van der Waals surface area (Å²) < 4.78 is 11.4. The Morgan fingerprint density at radius 2 is 2.08 bits per heavy atom. The van der Waals surface area contributed by atoms with Crippen molar-refractivity contribution in [1.29, 1.82) is 0 Å². The molecule has 2 aromatic rings. The number of anilines is 1. The Kier molecular flexibility index (Phi) is 6.29. The number of carbonyl (C=O) groups is 3. The van der Waals surface area contributed by atoms with Crippen LogP contribution in [0, 0.1) is 6.92 Å². The minimum atomic E-state index is -0.638. The number of esters is 2. The summed E-state index contributed by atoms with van der Waals surface area (Å²) >= 11 is 0.974. The van der Waals surface area contributed by atoms with E-state index in [0.717, 1.165) is 16.9 Å². The maximum Gasteiger partial charge on any atom is 0.348 e. The monoisotopic (exact) mass is 377 g/mol. The number of hydrogen-bond acceptors (Lipinski definition) is 7. The fraction of sp³-hybridized carbons (Fsp3) is 0.294. The number of nitrogens with zero attached hydrogens (tertiary/aromatic N) is 2. The molecule has 1 N–H and O–H groups in total. The molecule has 0 unspecified atom stereocenters. The van der Waals surface area contributed by atoms with Crippen molar-refractivity contribution in [2.45, 2.75) is 13.8 Å². The number of nitrogens with one attached hydrogen (secondary N) is 1. The number of methoxy groups -OCH3 is 1. The van der Waals surface area contributed by atoms with Crippen LogP contribution in [-0.4, -0.2) is 41.3 Å². The van der Waals surface area contributed by atoms with Gasteiger partial charge in [0.15, 0.2) is 0 Å². The SMILES string of the molecule is CCOC(=O)c1sc(NC(=O)/C=C/c2cnn(C)c2)c(C(=O)OC)c1C. The molecule has 1 amide bonds. The average Bonchev–Trinajstić information content (AvgIpc) is 3.16. The Balaban J connectivity index is 2.27. The molecule has 0 bridgehead atoms. The lowest BCUT2D eigenvalue weighted by Gasteiger charge is -2.03. The lowest BCUT2D eigenvalue weighted by molar-refractivity contribution is -0.111. The summed E-state index contributed by atoms with van der Waals surface area (Å²) in [7, 11) is 3.00. The van der Waals surface area contributed by atoms with Crippen LogP contribution in [0.5, 0.6) is 0 Å². The third kappa shape index (κ3) is 4.37. The van der Waals surface area contributed by atoms with E-state index in [1.54, 1.807) is 44.0 Å². The largest absolute Gasteiger partial charge is 0.465 e. The number of amides is 1. The van der Waals surface area contributed by atoms with Crippen LogP contribution in [0.15, 0.2) is 18.5 Å². The first kappa shape index (κ1) is 19.4. The minimum absolute atomic E-state index is 0.142. The smallest absolute Gasteiger partial charge is 0.348 e. The van der Waals surface area contributed by atoms with Crippen molar-refractivity contribution in [3.63, 3.8) is 0 Å². The molecular formula is C17H19N3O5S. The summed E-state index contributed by atoms with van der Waals surface area (Å²) in [6.45, 7) is 3.50. The molecule has 0 spiro atoms. The molecule has 0 saturated heterocycles. The Labute approximate surface area is 154 Å². The number of thiophene rings is 1. The zero-order valence-electron chi connectivity index (χ0n) is 14.9. The second-order valence-corrected chi connectivity index (χ2v) is 6.26. The van der Waals surface area contributed by atoms with Gasteiger partial charge in [0, 0.05) is 24.9 Å². The molecule has 0 atom stereocenters. The van der Waals surface area contributed by atoms with Gasteiger partial charge in [0.05, 0.1) is 25.5 Å². The molecule has 2 aromatic heterocycles. The predicted molar refractivity (Wildman–Crippen MR) is 97.2 cm³/mol. The van der Waals surface area contributed by atoms with Gasteiger partial charge in [-0.1, -0.05) is 0 Å². The molecule has 0 radical (unpaired) electrons. The van der Waals surface area contributed by atoms with Crippen molar-refractivity contribution in [3.8, 4) is 0 Å². The van der Waals surface area contributed by atoms with Gasteiger partial charge in [-0.25, -0.2) is 9.59 Å². The molecule has 138 valence electrons. The fourth-order valence-corrected chi connectivity index (χ4v) is 3.28. The van der Waals surface area contributed by atoms with Gasteiger partial charge in [0.2, 0.25) is 5.91 Å². The van der Waals surface area contributed by atoms with Gasteiger partial charge in [-0.15, -0.1) is 11.3 Å². The van der Waals surface area contributed by atoms with E-state index in [1.807, 2.05) is 0 Å². The lowest BCUT2D eigenvalue weighted by Crippen LogP contribution is -2.11. The molecule has 0 aliphatic heterocycles. The minimum Gasteiger partial charge on any atom is -0.465 e. The molecule has 8 nitrogen and oxygen atoms in total. The van der Waals surface area contributed by atoms with Crippen molar-refractivity contribution >= 4 is 40.3 Å². The molecule has 2 heterocycles. The normalized spacial score (nSPS) is 10.8. The first-order valence-electron chi connectivity index (χ1n) is 7.73. The van der Waals surface area contributed by atoms with E-state index in [2.05, 4.69) is 10.4 Å². The van der Waals surface area contributed by atoms with E-state index in [0.29, 0.717) is 5.56 Å². The van der Waals surface area contributed by atoms with Crippen LogP contribution in [0.25, 0.3) is 6.08 Å². The number of hydrogen-bond donors (Lipinski definition) is 1. The van der Waals surface area contributed by atoms with Crippen LogP contribution >= 0.6 is 11.3 Å². The van der Waals surface area contributed by atoms with Crippen LogP contribution < -0.4 is 5.32 Å². The third-order valence-corrected chi connectivity index (χ3v) is 4.57. The van der Waals surface area contributed by atoms with Crippen molar-refractivity contribution < 1.29 is 23.9 Å². The standard InChI is InChI=1S/C17H19N3O5S/c1-5-25-17(23)14-10(2)13(16(22)24-4)15(26-14)19-12(21)7-6-11-8-18-20(3)9-11/h6-9H,5H2,1-4H3,(H,19,21)/b7-6+. The zero-order valence-corrected chi connectivity index (χ0v) is 15.7. The van der Waals surface area contributed by atoms with Crippen molar-refractivity contribution in [2.24, 2.45) is 7.05 Å². The van der Waals surface area contributed by atoms with Crippen LogP contribution in [0.4, 0.5) is 5.00 Å². The molecule has 9 heteroatoms. The van der Waals surface area contributed by atoms with Crippen molar-refractivity contribution in [1.82, 2.24) is 9.78 Å². The highest BCUT2D eigenvalue weighted by atomic mass is 32.1. The third-order valence-electron chi connectivity index (χ3n) is 3.39. The van der Waals surface area contributed by atoms with Crippen LogP contribution in [0.3, 0.4) is 0 Å². The number of rotatable bonds is 6. The first-order valence-corrected chi connectivity index (χ1v) is 8.55. The number of ether oxygens (including phenoxy) is 2. The average molecular weight is 377 g/mol. The molecule has 0 aliphatic rings. The maximum absolute atomic E-state index is 12.2. The maximum atomic E-state index is 12.2. The first-order chi connectivity index (χ1) is 12.4. The van der Waals surface area contributed by atoms with Crippen LogP contribution in [0.2, 0.25) is 0 Å². The van der Waals surface area contributed by atoms with E-state index < -0.39 is 17.8 Å². The highest BCUT2D eigenvalue weighted by molar-refractivity contribution is 7.18. The Morgan fingerprint density at radius 1 is 1.35 bits per heavy atom. The number of carbonyl (C=O) groups excluding carboxylic acids is 3. The molecule has 0 aromatic carbocycles. The lowest BCUT2D eigenvalue weighted by atomic mass is 10.1. The number of aryl methyl sites for hydroxylation is 1. The van der Waals surface area contributed by atoms with Crippen molar-refractivity contribution in [3.05, 3.63) is 40.0 Å². The highest BCUT2D eigenvalue weighted by Gasteiger charge is 2.26. The summed E-state index contributed by atoms with van der Waals surface area (Å²) in [5, 5.41) is 6.85. The van der Waals surface area contributed by atoms with E-state index in [1.165, 1.54) is 13.2 Å². The molecule has 26 heavy (non-hydrogen) atoms. The van der Waals surface area contributed by atoms with Gasteiger partial charge in [-0.05, 0) is 25.5 Å². The Bertz CT molecular complexity index is 866. The van der Waals surface area contributed by atoms with E-state index >= 15 is 0 Å². The van der Waals surface area contributed by atoms with Crippen molar-refractivity contribution in [2.75, 3.05) is 19.0 Å². The van der Waals surface area contributed by atoms with Crippen LogP contribution in [-0.2, 0) is 21.3 Å². The zero-order chi connectivity index (χ0) is 19.3. The quantitative estimate of drug-likeness (QED) is 0.613. The highest BCUT2D eigenvalue weighted by Crippen LogP contribution is 2.34. The Morgan fingerprint density at radius 3 is 2.65 bits per heavy atom. The topological polar surface area (TPSA) is 99.5 Å². The summed E-state index contributed by atoms with van der Waals surface area (Å²) in [5.41, 5.74) is 1.31. The van der Waals surface area contributed by atoms with Gasteiger partial charge in [-0.3, -0.25) is 9.48 Å². The second-order valence-electron chi connectivity index (χ2n) is 5.24. The van der Waals surface area contributed by atoms with Crippen LogP contribution in [0.1, 0.15) is 38.1 Å². The van der Waals surface area contributed by atoms with Gasteiger partial charge in [0.1, 0.15) is 9.88 Å². The van der Waals surface area contributed by atoms with Gasteiger partial charge >= 0.3 is 11.9 Å². The van der Waals surface area contributed by atoms with Gasteiger partial charge < -0.3 is 14.8 Å². The summed E-state index contributed by atoms with van der Waals surface area (Å²) in [4.78, 5) is 36.5. The molecule has 0 fully saturated rings. The fourth-order valence-electron chi connectivity index (χ4n) is 2.19. The molecular weight excluding hydrogens is 358 g/mol. The van der Waals surface area contributed by atoms with E-state index in [-0.39, 0.29) is 22.0 Å². The summed E-state index contributed by atoms with van der Waals surface area (Å²) in [6.07, 6.45) is 6.26. The summed E-state index contributed by atoms with van der Waals surface area (Å²) in [6, 6.07) is 0. The number of aromatic nitrogens is 2. The molecule has 0 aliphatic carbocycles. The molecule has 0 saturated carbocycles. The second kappa shape index (κ2) is 8.43. The van der Waals surface area contributed by atoms with Gasteiger partial charge in [0.25, 0.3) is 0 Å². The molecule has 2 rings (SSSR count). The van der Waals surface area contributed by atoms with Gasteiger partial charge in [-0.2, -0.15) is 5.10 Å². The predicted octanol–water partition coefficient (Wildman–Crippen LogP) is 2.41.